The third-order valence-electron chi connectivity index (χ3n) is 3.78. The predicted octanol–water partition coefficient (Wildman–Crippen LogP) is 4.98. The van der Waals surface area contributed by atoms with Gasteiger partial charge in [0.15, 0.2) is 5.16 Å². The second-order valence-corrected chi connectivity index (χ2v) is 7.17. The van der Waals surface area contributed by atoms with Crippen molar-refractivity contribution in [2.24, 2.45) is 0 Å². The highest BCUT2D eigenvalue weighted by molar-refractivity contribution is 7.99. The number of nitrogens with one attached hydrogen (secondary N) is 1. The molecule has 10 heteroatoms. The maximum atomic E-state index is 13.1. The Morgan fingerprint density at radius 1 is 1.25 bits per heavy atom. The summed E-state index contributed by atoms with van der Waals surface area (Å²) in [5.74, 6) is -0.734. The zero-order valence-electron chi connectivity index (χ0n) is 14.5. The van der Waals surface area contributed by atoms with Gasteiger partial charge in [-0.25, -0.2) is 0 Å². The fourth-order valence-corrected chi connectivity index (χ4v) is 3.39. The lowest BCUT2D eigenvalue weighted by Crippen LogP contribution is -2.18. The second-order valence-electron chi connectivity index (χ2n) is 5.79. The van der Waals surface area contributed by atoms with E-state index >= 15 is 0 Å². The van der Waals surface area contributed by atoms with Crippen molar-refractivity contribution in [1.82, 2.24) is 14.8 Å². The van der Waals surface area contributed by atoms with E-state index < -0.39 is 17.6 Å². The van der Waals surface area contributed by atoms with Gasteiger partial charge >= 0.3 is 6.18 Å². The van der Waals surface area contributed by atoms with Gasteiger partial charge in [0.05, 0.1) is 22.7 Å². The topological polar surface area (TPSA) is 59.8 Å². The minimum Gasteiger partial charge on any atom is -0.325 e. The number of hydrogen-bond acceptors (Lipinski definition) is 4. The normalized spacial score (nSPS) is 11.5. The van der Waals surface area contributed by atoms with E-state index in [1.54, 1.807) is 4.57 Å². The zero-order chi connectivity index (χ0) is 20.3. The number of rotatable bonds is 5. The van der Waals surface area contributed by atoms with Gasteiger partial charge in [-0.3, -0.25) is 9.36 Å². The molecule has 0 bridgehead atoms. The lowest BCUT2D eigenvalue weighted by atomic mass is 10.1. The van der Waals surface area contributed by atoms with Gasteiger partial charge < -0.3 is 5.32 Å². The Hall–Kier alpha value is -2.52. The quantitative estimate of drug-likeness (QED) is 0.584. The highest BCUT2D eigenvalue weighted by atomic mass is 35.5. The van der Waals surface area contributed by atoms with Gasteiger partial charge in [-0.05, 0) is 36.8 Å². The summed E-state index contributed by atoms with van der Waals surface area (Å²) < 4.78 is 41.1. The van der Waals surface area contributed by atoms with Gasteiger partial charge in [-0.2, -0.15) is 13.2 Å². The minimum absolute atomic E-state index is 0.0639. The average molecular weight is 427 g/mol. The van der Waals surface area contributed by atoms with Crippen molar-refractivity contribution in [3.05, 3.63) is 64.9 Å². The van der Waals surface area contributed by atoms with Gasteiger partial charge in [0.25, 0.3) is 0 Å². The zero-order valence-corrected chi connectivity index (χ0v) is 16.1. The maximum absolute atomic E-state index is 13.1. The van der Waals surface area contributed by atoms with Crippen LogP contribution < -0.4 is 5.32 Å². The van der Waals surface area contributed by atoms with Crippen LogP contribution >= 0.6 is 23.4 Å². The number of hydrogen-bond donors (Lipinski definition) is 1. The molecule has 2 aromatic carbocycles. The molecule has 3 aromatic rings. The summed E-state index contributed by atoms with van der Waals surface area (Å²) in [6, 6.07) is 10.8. The molecular formula is C18H14ClF3N4OS. The lowest BCUT2D eigenvalue weighted by Gasteiger charge is -2.14. The average Bonchev–Trinajstić information content (AvgIpc) is 3.09. The SMILES string of the molecule is Cc1ccccc1-n1cnnc1SCC(=O)Nc1ccc(Cl)cc1C(F)(F)F. The van der Waals surface area contributed by atoms with Crippen LogP contribution in [0.25, 0.3) is 5.69 Å². The third kappa shape index (κ3) is 4.66. The van der Waals surface area contributed by atoms with Crippen LogP contribution in [-0.4, -0.2) is 26.4 Å². The third-order valence-corrected chi connectivity index (χ3v) is 4.96. The van der Waals surface area contributed by atoms with Crippen LogP contribution in [0.15, 0.2) is 53.9 Å². The number of para-hydroxylation sites is 1. The molecular weight excluding hydrogens is 413 g/mol. The molecule has 0 aliphatic rings. The molecule has 5 nitrogen and oxygen atoms in total. The van der Waals surface area contributed by atoms with E-state index in [0.29, 0.717) is 5.16 Å². The van der Waals surface area contributed by atoms with Gasteiger partial charge in [0.1, 0.15) is 6.33 Å². The number of anilines is 1. The Morgan fingerprint density at radius 3 is 2.71 bits per heavy atom. The maximum Gasteiger partial charge on any atom is 0.418 e. The monoisotopic (exact) mass is 426 g/mol. The Kier molecular flexibility index (Phi) is 5.95. The molecule has 1 amide bonds. The summed E-state index contributed by atoms with van der Waals surface area (Å²) in [4.78, 5) is 12.2. The molecule has 1 heterocycles. The first-order valence-corrected chi connectivity index (χ1v) is 9.37. The molecule has 1 aromatic heterocycles. The standard InChI is InChI=1S/C18H14ClF3N4OS/c1-11-4-2-3-5-15(11)26-10-23-25-17(26)28-9-16(27)24-14-7-6-12(19)8-13(14)18(20,21)22/h2-8,10H,9H2,1H3,(H,24,27). The fraction of sp³-hybridized carbons (Fsp3) is 0.167. The predicted molar refractivity (Wildman–Crippen MR) is 102 cm³/mol. The number of amides is 1. The number of carbonyl (C=O) groups excluding carboxylic acids is 1. The van der Waals surface area contributed by atoms with Crippen molar-refractivity contribution in [2.45, 2.75) is 18.3 Å². The van der Waals surface area contributed by atoms with Crippen LogP contribution in [0, 0.1) is 6.92 Å². The summed E-state index contributed by atoms with van der Waals surface area (Å²) in [6.07, 6.45) is -3.12. The largest absolute Gasteiger partial charge is 0.418 e. The Bertz CT molecular complexity index is 1010. The lowest BCUT2D eigenvalue weighted by molar-refractivity contribution is -0.137. The van der Waals surface area contributed by atoms with Crippen molar-refractivity contribution < 1.29 is 18.0 Å². The molecule has 0 aliphatic heterocycles. The van der Waals surface area contributed by atoms with Crippen molar-refractivity contribution in [3.8, 4) is 5.69 Å². The van der Waals surface area contributed by atoms with Crippen molar-refractivity contribution in [3.63, 3.8) is 0 Å². The number of nitrogens with zero attached hydrogens (tertiary/aromatic N) is 3. The van der Waals surface area contributed by atoms with Crippen LogP contribution in [0.1, 0.15) is 11.1 Å². The van der Waals surface area contributed by atoms with E-state index in [9.17, 15) is 18.0 Å². The van der Waals surface area contributed by atoms with E-state index in [4.69, 9.17) is 11.6 Å². The summed E-state index contributed by atoms with van der Waals surface area (Å²) in [5, 5.41) is 10.5. The molecule has 0 aliphatic carbocycles. The van der Waals surface area contributed by atoms with Gasteiger partial charge in [-0.15, -0.1) is 10.2 Å². The number of thioether (sulfide) groups is 1. The minimum atomic E-state index is -4.63. The van der Waals surface area contributed by atoms with Gasteiger partial charge in [0, 0.05) is 5.02 Å². The van der Waals surface area contributed by atoms with Crippen LogP contribution in [0.4, 0.5) is 18.9 Å². The molecule has 0 spiro atoms. The van der Waals surface area contributed by atoms with Crippen LogP contribution in [0.5, 0.6) is 0 Å². The van der Waals surface area contributed by atoms with E-state index in [2.05, 4.69) is 15.5 Å². The molecule has 0 fully saturated rings. The second kappa shape index (κ2) is 8.24. The summed E-state index contributed by atoms with van der Waals surface area (Å²) in [6.45, 7) is 1.93. The Morgan fingerprint density at radius 2 is 2.00 bits per heavy atom. The van der Waals surface area contributed by atoms with E-state index in [-0.39, 0.29) is 16.5 Å². The number of alkyl halides is 3. The van der Waals surface area contributed by atoms with E-state index in [0.717, 1.165) is 35.1 Å². The molecule has 0 unspecified atom stereocenters. The van der Waals surface area contributed by atoms with Crippen molar-refractivity contribution in [1.29, 1.82) is 0 Å². The van der Waals surface area contributed by atoms with Crippen LogP contribution in [0.2, 0.25) is 5.02 Å². The summed E-state index contributed by atoms with van der Waals surface area (Å²) >= 11 is 6.71. The highest BCUT2D eigenvalue weighted by Gasteiger charge is 2.34. The Labute approximate surface area is 167 Å². The number of halogens is 4. The van der Waals surface area contributed by atoms with Crippen molar-refractivity contribution in [2.75, 3.05) is 11.1 Å². The fourth-order valence-electron chi connectivity index (χ4n) is 2.50. The molecule has 146 valence electrons. The molecule has 0 saturated carbocycles. The Balaban J connectivity index is 1.72. The molecule has 0 radical (unpaired) electrons. The number of benzene rings is 2. The smallest absolute Gasteiger partial charge is 0.325 e. The van der Waals surface area contributed by atoms with Gasteiger partial charge in [0.2, 0.25) is 5.91 Å². The summed E-state index contributed by atoms with van der Waals surface area (Å²) in [5.41, 5.74) is 0.501. The first kappa shape index (κ1) is 20.2. The van der Waals surface area contributed by atoms with Crippen LogP contribution in [-0.2, 0) is 11.0 Å². The molecule has 28 heavy (non-hydrogen) atoms. The summed E-state index contributed by atoms with van der Waals surface area (Å²) in [7, 11) is 0. The van der Waals surface area contributed by atoms with Crippen molar-refractivity contribution >= 4 is 35.0 Å². The van der Waals surface area contributed by atoms with E-state index in [1.165, 1.54) is 12.4 Å². The van der Waals surface area contributed by atoms with Crippen LogP contribution in [0.3, 0.4) is 0 Å². The number of carbonyl (C=O) groups is 1. The van der Waals surface area contributed by atoms with Gasteiger partial charge in [-0.1, -0.05) is 41.6 Å². The first-order chi connectivity index (χ1) is 13.3. The number of aromatic nitrogens is 3. The first-order valence-electron chi connectivity index (χ1n) is 8.01. The number of aryl methyl sites for hydroxylation is 1. The molecule has 1 N–H and O–H groups in total. The highest BCUT2D eigenvalue weighted by Crippen LogP contribution is 2.36. The molecule has 0 saturated heterocycles. The molecule has 3 rings (SSSR count). The van der Waals surface area contributed by atoms with E-state index in [1.807, 2.05) is 31.2 Å². The molecule has 0 atom stereocenters.